The van der Waals surface area contributed by atoms with Crippen molar-refractivity contribution in [2.75, 3.05) is 6.61 Å². The highest BCUT2D eigenvalue weighted by Gasteiger charge is 2.18. The molecule has 0 saturated carbocycles. The second-order valence-corrected chi connectivity index (χ2v) is 5.21. The predicted molar refractivity (Wildman–Crippen MR) is 79.7 cm³/mol. The molecule has 0 aromatic heterocycles. The average molecular weight is 283 g/mol. The van der Waals surface area contributed by atoms with E-state index < -0.39 is 5.97 Å². The number of fused-ring (bicyclic) bond motifs is 1. The number of hydrogen-bond acceptors (Lipinski definition) is 3. The van der Waals surface area contributed by atoms with Crippen molar-refractivity contribution in [3.63, 3.8) is 0 Å². The van der Waals surface area contributed by atoms with Crippen molar-refractivity contribution >= 4 is 5.97 Å². The first-order valence-corrected chi connectivity index (χ1v) is 6.99. The molecule has 2 aromatic carbocycles. The van der Waals surface area contributed by atoms with Crippen LogP contribution < -0.4 is 10.1 Å². The monoisotopic (exact) mass is 283 g/mol. The third kappa shape index (κ3) is 3.23. The van der Waals surface area contributed by atoms with E-state index in [1.807, 2.05) is 24.3 Å². The highest BCUT2D eigenvalue weighted by molar-refractivity contribution is 5.88. The van der Waals surface area contributed by atoms with Crippen molar-refractivity contribution in [2.45, 2.75) is 19.0 Å². The van der Waals surface area contributed by atoms with Gasteiger partial charge in [-0.15, -0.1) is 0 Å². The van der Waals surface area contributed by atoms with E-state index in [2.05, 4.69) is 17.4 Å². The summed E-state index contributed by atoms with van der Waals surface area (Å²) in [5, 5.41) is 12.5. The standard InChI is InChI=1S/C17H17NO3/c19-17(20)13-6-7-14-10-18-15(11-21-16(14)9-13)8-12-4-2-1-3-5-12/h1-7,9,15,18H,8,10-11H2,(H,19,20)/t15-/m0/s1. The predicted octanol–water partition coefficient (Wildman–Crippen LogP) is 2.48. The lowest BCUT2D eigenvalue weighted by atomic mass is 10.1. The molecule has 0 fully saturated rings. The fraction of sp³-hybridized carbons (Fsp3) is 0.235. The van der Waals surface area contributed by atoms with Crippen molar-refractivity contribution < 1.29 is 14.6 Å². The van der Waals surface area contributed by atoms with Gasteiger partial charge in [0.05, 0.1) is 5.56 Å². The molecule has 108 valence electrons. The van der Waals surface area contributed by atoms with Gasteiger partial charge in [0.1, 0.15) is 12.4 Å². The molecule has 0 spiro atoms. The van der Waals surface area contributed by atoms with E-state index in [0.717, 1.165) is 12.0 Å². The molecule has 2 aromatic rings. The first-order valence-electron chi connectivity index (χ1n) is 6.99. The van der Waals surface area contributed by atoms with Crippen molar-refractivity contribution in [3.05, 3.63) is 65.2 Å². The lowest BCUT2D eigenvalue weighted by Gasteiger charge is -2.15. The van der Waals surface area contributed by atoms with Gasteiger partial charge < -0.3 is 15.2 Å². The molecule has 1 aliphatic heterocycles. The van der Waals surface area contributed by atoms with Gasteiger partial charge in [-0.2, -0.15) is 0 Å². The number of hydrogen-bond donors (Lipinski definition) is 2. The molecule has 21 heavy (non-hydrogen) atoms. The van der Waals surface area contributed by atoms with E-state index in [9.17, 15) is 4.79 Å². The Balaban J connectivity index is 1.72. The first-order chi connectivity index (χ1) is 10.2. The van der Waals surface area contributed by atoms with Crippen LogP contribution in [0, 0.1) is 0 Å². The third-order valence-corrected chi connectivity index (χ3v) is 3.66. The van der Waals surface area contributed by atoms with Crippen LogP contribution in [0.2, 0.25) is 0 Å². The van der Waals surface area contributed by atoms with Crippen LogP contribution in [0.5, 0.6) is 5.75 Å². The Hall–Kier alpha value is -2.33. The van der Waals surface area contributed by atoms with Crippen LogP contribution in [0.3, 0.4) is 0 Å². The van der Waals surface area contributed by atoms with Crippen LogP contribution in [-0.4, -0.2) is 23.7 Å². The normalized spacial score (nSPS) is 17.4. The third-order valence-electron chi connectivity index (χ3n) is 3.66. The fourth-order valence-corrected chi connectivity index (χ4v) is 2.50. The number of ether oxygens (including phenoxy) is 1. The second kappa shape index (κ2) is 5.97. The number of carbonyl (C=O) groups is 1. The minimum absolute atomic E-state index is 0.216. The Labute approximate surface area is 123 Å². The molecule has 1 atom stereocenters. The van der Waals surface area contributed by atoms with Crippen LogP contribution in [0.4, 0.5) is 0 Å². The highest BCUT2D eigenvalue weighted by Crippen LogP contribution is 2.23. The second-order valence-electron chi connectivity index (χ2n) is 5.21. The van der Waals surface area contributed by atoms with Crippen LogP contribution in [0.15, 0.2) is 48.5 Å². The van der Waals surface area contributed by atoms with Crippen LogP contribution in [0.25, 0.3) is 0 Å². The van der Waals surface area contributed by atoms with E-state index in [4.69, 9.17) is 9.84 Å². The minimum atomic E-state index is -0.931. The van der Waals surface area contributed by atoms with E-state index in [0.29, 0.717) is 18.9 Å². The Bertz CT molecular complexity index is 640. The smallest absolute Gasteiger partial charge is 0.335 e. The number of rotatable bonds is 3. The number of carboxylic acid groups (broad SMARTS) is 1. The molecule has 1 aliphatic rings. The summed E-state index contributed by atoms with van der Waals surface area (Å²) < 4.78 is 5.80. The highest BCUT2D eigenvalue weighted by atomic mass is 16.5. The van der Waals surface area contributed by atoms with Crippen LogP contribution in [0.1, 0.15) is 21.5 Å². The average Bonchev–Trinajstić information content (AvgIpc) is 2.70. The number of aromatic carboxylic acids is 1. The van der Waals surface area contributed by atoms with Gasteiger partial charge in [-0.05, 0) is 24.1 Å². The largest absolute Gasteiger partial charge is 0.492 e. The lowest BCUT2D eigenvalue weighted by Crippen LogP contribution is -2.34. The number of benzene rings is 2. The Morgan fingerprint density at radius 3 is 2.81 bits per heavy atom. The van der Waals surface area contributed by atoms with Gasteiger partial charge >= 0.3 is 5.97 Å². The van der Waals surface area contributed by atoms with E-state index >= 15 is 0 Å². The van der Waals surface area contributed by atoms with Gasteiger partial charge in [-0.3, -0.25) is 0 Å². The summed E-state index contributed by atoms with van der Waals surface area (Å²) >= 11 is 0. The molecular weight excluding hydrogens is 266 g/mol. The number of nitrogens with one attached hydrogen (secondary N) is 1. The minimum Gasteiger partial charge on any atom is -0.492 e. The van der Waals surface area contributed by atoms with E-state index in [1.54, 1.807) is 12.1 Å². The lowest BCUT2D eigenvalue weighted by molar-refractivity contribution is 0.0696. The summed E-state index contributed by atoms with van der Waals surface area (Å²) in [5.74, 6) is -0.266. The molecule has 2 N–H and O–H groups in total. The summed E-state index contributed by atoms with van der Waals surface area (Å²) in [4.78, 5) is 11.0. The zero-order chi connectivity index (χ0) is 14.7. The topological polar surface area (TPSA) is 58.6 Å². The fourth-order valence-electron chi connectivity index (χ4n) is 2.50. The molecule has 0 aliphatic carbocycles. The number of carboxylic acids is 1. The summed E-state index contributed by atoms with van der Waals surface area (Å²) in [6.45, 7) is 1.22. The molecule has 0 bridgehead atoms. The van der Waals surface area contributed by atoms with Gasteiger partial charge in [0.25, 0.3) is 0 Å². The molecule has 0 radical (unpaired) electrons. The maximum atomic E-state index is 11.0. The van der Waals surface area contributed by atoms with Crippen LogP contribution in [-0.2, 0) is 13.0 Å². The van der Waals surface area contributed by atoms with Crippen molar-refractivity contribution in [2.24, 2.45) is 0 Å². The van der Waals surface area contributed by atoms with Gasteiger partial charge in [-0.1, -0.05) is 36.4 Å². The van der Waals surface area contributed by atoms with Crippen molar-refractivity contribution in [1.29, 1.82) is 0 Å². The molecule has 0 saturated heterocycles. The molecule has 3 rings (SSSR count). The summed E-state index contributed by atoms with van der Waals surface area (Å²) in [6.07, 6.45) is 0.890. The zero-order valence-corrected chi connectivity index (χ0v) is 11.6. The Morgan fingerprint density at radius 2 is 2.05 bits per heavy atom. The van der Waals surface area contributed by atoms with Crippen LogP contribution >= 0.6 is 0 Å². The first kappa shape index (κ1) is 13.6. The van der Waals surface area contributed by atoms with E-state index in [1.165, 1.54) is 5.56 Å². The maximum absolute atomic E-state index is 11.0. The summed E-state index contributed by atoms with van der Waals surface area (Å²) in [5.41, 5.74) is 2.52. The Morgan fingerprint density at radius 1 is 1.24 bits per heavy atom. The molecular formula is C17H17NO3. The SMILES string of the molecule is O=C(O)c1ccc2c(c1)OC[C@H](Cc1ccccc1)NC2. The van der Waals surface area contributed by atoms with Gasteiger partial charge in [-0.25, -0.2) is 4.79 Å². The summed E-state index contributed by atoms with van der Waals surface area (Å²) in [7, 11) is 0. The van der Waals surface area contributed by atoms with Gasteiger partial charge in [0.2, 0.25) is 0 Å². The van der Waals surface area contributed by atoms with Crippen molar-refractivity contribution in [1.82, 2.24) is 5.32 Å². The zero-order valence-electron chi connectivity index (χ0n) is 11.6. The molecule has 1 heterocycles. The van der Waals surface area contributed by atoms with Gasteiger partial charge in [0.15, 0.2) is 0 Å². The molecule has 0 unspecified atom stereocenters. The quantitative estimate of drug-likeness (QED) is 0.908. The van der Waals surface area contributed by atoms with Crippen molar-refractivity contribution in [3.8, 4) is 5.75 Å². The Kier molecular flexibility index (Phi) is 3.88. The maximum Gasteiger partial charge on any atom is 0.335 e. The summed E-state index contributed by atoms with van der Waals surface area (Å²) in [6, 6.07) is 15.5. The molecule has 0 amide bonds. The van der Waals surface area contributed by atoms with E-state index in [-0.39, 0.29) is 11.6 Å². The molecule has 4 nitrogen and oxygen atoms in total. The van der Waals surface area contributed by atoms with Gasteiger partial charge in [0, 0.05) is 18.2 Å². The molecule has 4 heteroatoms.